The molecule has 1 atom stereocenters. The Hall–Kier alpha value is -1.23. The largest absolute Gasteiger partial charge is 0.455 e. The van der Waals surface area contributed by atoms with Crippen molar-refractivity contribution in [3.63, 3.8) is 0 Å². The summed E-state index contributed by atoms with van der Waals surface area (Å²) in [6.07, 6.45) is 10.5. The molecular formula is C11H14O2. The zero-order chi connectivity index (χ0) is 9.68. The average Bonchev–Trinajstić information content (AvgIpc) is 2.39. The average molecular weight is 178 g/mol. The van der Waals surface area contributed by atoms with Gasteiger partial charge in [-0.25, -0.2) is 4.79 Å². The van der Waals surface area contributed by atoms with E-state index in [0.29, 0.717) is 0 Å². The summed E-state index contributed by atoms with van der Waals surface area (Å²) >= 11 is 0. The standard InChI is InChI=1S/C11H14O2/c1-3-4-5-6-7-10-8-9(2)13-11(10)12/h1,8-9H,4-7H2,2H3/t9-/m0/s1. The summed E-state index contributed by atoms with van der Waals surface area (Å²) in [5.41, 5.74) is 0.810. The molecule has 1 heterocycles. The lowest BCUT2D eigenvalue weighted by atomic mass is 10.1. The molecule has 2 nitrogen and oxygen atoms in total. The summed E-state index contributed by atoms with van der Waals surface area (Å²) in [5, 5.41) is 0. The van der Waals surface area contributed by atoms with Crippen LogP contribution in [0.3, 0.4) is 0 Å². The summed E-state index contributed by atoms with van der Waals surface area (Å²) in [6.45, 7) is 1.87. The van der Waals surface area contributed by atoms with Gasteiger partial charge in [0.05, 0.1) is 0 Å². The van der Waals surface area contributed by atoms with Crippen molar-refractivity contribution in [1.82, 2.24) is 0 Å². The summed E-state index contributed by atoms with van der Waals surface area (Å²) in [6, 6.07) is 0. The van der Waals surface area contributed by atoms with Gasteiger partial charge >= 0.3 is 5.97 Å². The van der Waals surface area contributed by atoms with Crippen LogP contribution >= 0.6 is 0 Å². The second-order valence-electron chi connectivity index (χ2n) is 3.21. The molecule has 0 amide bonds. The van der Waals surface area contributed by atoms with Gasteiger partial charge in [-0.15, -0.1) is 12.3 Å². The fourth-order valence-corrected chi connectivity index (χ4v) is 1.36. The lowest BCUT2D eigenvalue weighted by molar-refractivity contribution is -0.139. The fourth-order valence-electron chi connectivity index (χ4n) is 1.36. The number of esters is 1. The van der Waals surface area contributed by atoms with Gasteiger partial charge in [0.25, 0.3) is 0 Å². The smallest absolute Gasteiger partial charge is 0.334 e. The molecule has 0 saturated heterocycles. The molecule has 0 aromatic carbocycles. The second-order valence-corrected chi connectivity index (χ2v) is 3.21. The van der Waals surface area contributed by atoms with Gasteiger partial charge in [0, 0.05) is 12.0 Å². The Morgan fingerprint density at radius 1 is 1.62 bits per heavy atom. The van der Waals surface area contributed by atoms with Gasteiger partial charge in [-0.05, 0) is 32.3 Å². The number of ether oxygens (including phenoxy) is 1. The third-order valence-electron chi connectivity index (χ3n) is 2.01. The van der Waals surface area contributed by atoms with Gasteiger partial charge in [-0.3, -0.25) is 0 Å². The van der Waals surface area contributed by atoms with Crippen LogP contribution in [0.2, 0.25) is 0 Å². The van der Waals surface area contributed by atoms with Crippen LogP contribution in [-0.4, -0.2) is 12.1 Å². The predicted molar refractivity (Wildman–Crippen MR) is 50.9 cm³/mol. The third kappa shape index (κ3) is 2.95. The number of carbonyl (C=O) groups excluding carboxylic acids is 1. The molecule has 0 bridgehead atoms. The van der Waals surface area contributed by atoms with Gasteiger partial charge in [0.15, 0.2) is 0 Å². The zero-order valence-electron chi connectivity index (χ0n) is 7.88. The fraction of sp³-hybridized carbons (Fsp3) is 0.545. The van der Waals surface area contributed by atoms with Crippen LogP contribution in [0.1, 0.15) is 32.6 Å². The molecule has 1 aliphatic heterocycles. The number of hydrogen-bond donors (Lipinski definition) is 0. The van der Waals surface area contributed by atoms with Crippen molar-refractivity contribution in [3.8, 4) is 12.3 Å². The van der Waals surface area contributed by atoms with Gasteiger partial charge in [-0.1, -0.05) is 0 Å². The Morgan fingerprint density at radius 2 is 2.38 bits per heavy atom. The molecule has 13 heavy (non-hydrogen) atoms. The molecule has 0 spiro atoms. The van der Waals surface area contributed by atoms with Gasteiger partial charge in [0.2, 0.25) is 0 Å². The van der Waals surface area contributed by atoms with E-state index in [9.17, 15) is 4.79 Å². The second kappa shape index (κ2) is 4.71. The number of carbonyl (C=O) groups is 1. The first-order valence-electron chi connectivity index (χ1n) is 4.59. The molecule has 1 aliphatic rings. The molecule has 0 radical (unpaired) electrons. The predicted octanol–water partition coefficient (Wildman–Crippen LogP) is 2.05. The van der Waals surface area contributed by atoms with Crippen molar-refractivity contribution in [3.05, 3.63) is 11.6 Å². The molecule has 0 unspecified atom stereocenters. The first-order chi connectivity index (χ1) is 6.24. The maximum absolute atomic E-state index is 11.1. The van der Waals surface area contributed by atoms with E-state index >= 15 is 0 Å². The van der Waals surface area contributed by atoms with Crippen molar-refractivity contribution < 1.29 is 9.53 Å². The van der Waals surface area contributed by atoms with Crippen molar-refractivity contribution in [2.24, 2.45) is 0 Å². The highest BCUT2D eigenvalue weighted by Crippen LogP contribution is 2.18. The van der Waals surface area contributed by atoms with Crippen LogP contribution in [0, 0.1) is 12.3 Å². The minimum absolute atomic E-state index is 0.0462. The molecule has 0 aliphatic carbocycles. The van der Waals surface area contributed by atoms with Gasteiger partial charge < -0.3 is 4.74 Å². The first-order valence-corrected chi connectivity index (χ1v) is 4.59. The van der Waals surface area contributed by atoms with E-state index in [0.717, 1.165) is 31.3 Å². The van der Waals surface area contributed by atoms with Gasteiger partial charge in [0.1, 0.15) is 6.10 Å². The van der Waals surface area contributed by atoms with Crippen LogP contribution in [0.5, 0.6) is 0 Å². The number of terminal acetylenes is 1. The van der Waals surface area contributed by atoms with E-state index < -0.39 is 0 Å². The number of cyclic esters (lactones) is 1. The molecule has 0 aromatic heterocycles. The van der Waals surface area contributed by atoms with E-state index in [1.54, 1.807) is 0 Å². The van der Waals surface area contributed by atoms with E-state index in [4.69, 9.17) is 11.2 Å². The summed E-state index contributed by atoms with van der Waals surface area (Å²) in [4.78, 5) is 11.1. The molecule has 0 fully saturated rings. The summed E-state index contributed by atoms with van der Waals surface area (Å²) in [7, 11) is 0. The van der Waals surface area contributed by atoms with Crippen molar-refractivity contribution in [2.45, 2.75) is 38.7 Å². The minimum atomic E-state index is -0.159. The SMILES string of the molecule is C#CCCCCC1=C[C@H](C)OC1=O. The Balaban J connectivity index is 2.26. The summed E-state index contributed by atoms with van der Waals surface area (Å²) in [5.74, 6) is 2.42. The van der Waals surface area contributed by atoms with E-state index in [1.807, 2.05) is 13.0 Å². The van der Waals surface area contributed by atoms with E-state index in [-0.39, 0.29) is 12.1 Å². The Labute approximate surface area is 79.0 Å². The first kappa shape index (κ1) is 9.85. The lowest BCUT2D eigenvalue weighted by Crippen LogP contribution is -2.03. The quantitative estimate of drug-likeness (QED) is 0.374. The third-order valence-corrected chi connectivity index (χ3v) is 2.01. The monoisotopic (exact) mass is 178 g/mol. The van der Waals surface area contributed by atoms with E-state index in [1.165, 1.54) is 0 Å². The van der Waals surface area contributed by atoms with Gasteiger partial charge in [-0.2, -0.15) is 0 Å². The highest BCUT2D eigenvalue weighted by molar-refractivity contribution is 5.90. The van der Waals surface area contributed by atoms with Crippen LogP contribution in [0.15, 0.2) is 11.6 Å². The molecule has 1 rings (SSSR count). The van der Waals surface area contributed by atoms with E-state index in [2.05, 4.69) is 5.92 Å². The van der Waals surface area contributed by atoms with Crippen molar-refractivity contribution in [2.75, 3.05) is 0 Å². The normalized spacial score (nSPS) is 20.8. The molecule has 70 valence electrons. The van der Waals surface area contributed by atoms with Crippen molar-refractivity contribution >= 4 is 5.97 Å². The Kier molecular flexibility index (Phi) is 3.57. The number of rotatable bonds is 4. The molecular weight excluding hydrogens is 164 g/mol. The molecule has 0 N–H and O–H groups in total. The zero-order valence-corrected chi connectivity index (χ0v) is 7.88. The lowest BCUT2D eigenvalue weighted by Gasteiger charge is -1.98. The van der Waals surface area contributed by atoms with Crippen LogP contribution in [0.25, 0.3) is 0 Å². The topological polar surface area (TPSA) is 26.3 Å². The maximum atomic E-state index is 11.1. The van der Waals surface area contributed by atoms with Crippen LogP contribution < -0.4 is 0 Å². The highest BCUT2D eigenvalue weighted by Gasteiger charge is 2.20. The molecule has 2 heteroatoms. The Morgan fingerprint density at radius 3 is 2.92 bits per heavy atom. The maximum Gasteiger partial charge on any atom is 0.334 e. The van der Waals surface area contributed by atoms with Crippen LogP contribution in [0.4, 0.5) is 0 Å². The number of hydrogen-bond acceptors (Lipinski definition) is 2. The highest BCUT2D eigenvalue weighted by atomic mass is 16.5. The van der Waals surface area contributed by atoms with Crippen molar-refractivity contribution in [1.29, 1.82) is 0 Å². The summed E-state index contributed by atoms with van der Waals surface area (Å²) < 4.78 is 4.96. The Bertz CT molecular complexity index is 258. The number of unbranched alkanes of at least 4 members (excludes halogenated alkanes) is 2. The molecule has 0 aromatic rings. The van der Waals surface area contributed by atoms with Crippen LogP contribution in [-0.2, 0) is 9.53 Å². The minimum Gasteiger partial charge on any atom is -0.455 e. The molecule has 0 saturated carbocycles.